The molecule has 1 aliphatic rings. The van der Waals surface area contributed by atoms with Gasteiger partial charge in [0, 0.05) is 17.5 Å². The molecule has 8 heteroatoms. The molecule has 1 fully saturated rings. The third kappa shape index (κ3) is 2.49. The number of rotatable bonds is 1. The van der Waals surface area contributed by atoms with E-state index in [0.717, 1.165) is 20.9 Å². The van der Waals surface area contributed by atoms with Crippen molar-refractivity contribution in [2.75, 3.05) is 23.0 Å². The zero-order valence-electron chi connectivity index (χ0n) is 11.1. The molecule has 3 heterocycles. The molecular weight excluding hydrogens is 318 g/mol. The van der Waals surface area contributed by atoms with E-state index in [0.29, 0.717) is 6.54 Å². The van der Waals surface area contributed by atoms with Crippen molar-refractivity contribution in [2.24, 2.45) is 0 Å². The van der Waals surface area contributed by atoms with Crippen LogP contribution < -0.4 is 4.90 Å². The summed E-state index contributed by atoms with van der Waals surface area (Å²) in [6, 6.07) is 1.92. The Morgan fingerprint density at radius 3 is 2.90 bits per heavy atom. The average Bonchev–Trinajstić information content (AvgIpc) is 2.67. The van der Waals surface area contributed by atoms with Gasteiger partial charge in [-0.3, -0.25) is 0 Å². The van der Waals surface area contributed by atoms with Crippen LogP contribution >= 0.6 is 22.9 Å². The molecule has 5 nitrogen and oxygen atoms in total. The van der Waals surface area contributed by atoms with Crippen molar-refractivity contribution in [2.45, 2.75) is 19.9 Å². The minimum absolute atomic E-state index is 0.108. The molecule has 0 saturated carbocycles. The van der Waals surface area contributed by atoms with E-state index in [2.05, 4.69) is 9.97 Å². The summed E-state index contributed by atoms with van der Waals surface area (Å²) in [4.78, 5) is 12.6. The first-order valence-corrected chi connectivity index (χ1v) is 9.28. The van der Waals surface area contributed by atoms with Crippen LogP contribution in [0.15, 0.2) is 6.07 Å². The van der Waals surface area contributed by atoms with Crippen LogP contribution in [0.25, 0.3) is 10.2 Å². The first kappa shape index (κ1) is 14.0. The molecule has 0 bridgehead atoms. The molecule has 0 amide bonds. The Labute approximate surface area is 126 Å². The molecule has 3 rings (SSSR count). The van der Waals surface area contributed by atoms with Crippen molar-refractivity contribution in [3.8, 4) is 0 Å². The SMILES string of the molecule is Cc1cc2c(N3CCS(=O)(=O)CC3C)nc(Cl)nc2s1. The van der Waals surface area contributed by atoms with E-state index in [1.54, 1.807) is 11.3 Å². The molecule has 0 aliphatic carbocycles. The zero-order valence-corrected chi connectivity index (χ0v) is 13.5. The predicted octanol–water partition coefficient (Wildman–Crippen LogP) is 2.28. The average molecular weight is 332 g/mol. The molecular formula is C12H14ClN3O2S2. The van der Waals surface area contributed by atoms with Crippen molar-refractivity contribution < 1.29 is 8.42 Å². The second kappa shape index (κ2) is 4.82. The molecule has 108 valence electrons. The third-order valence-corrected chi connectivity index (χ3v) is 6.32. The van der Waals surface area contributed by atoms with Crippen molar-refractivity contribution in [1.29, 1.82) is 0 Å². The van der Waals surface area contributed by atoms with Crippen LogP contribution in [0.3, 0.4) is 0 Å². The van der Waals surface area contributed by atoms with E-state index in [1.165, 1.54) is 0 Å². The Kier molecular flexibility index (Phi) is 3.38. The standard InChI is InChI=1S/C12H14ClN3O2S2/c1-7-6-20(17,18)4-3-16(7)10-9-5-8(2)19-11(9)15-12(13)14-10/h5,7H,3-4,6H2,1-2H3. The Morgan fingerprint density at radius 1 is 1.45 bits per heavy atom. The van der Waals surface area contributed by atoms with Crippen LogP contribution in [0.5, 0.6) is 0 Å². The number of nitrogens with zero attached hydrogens (tertiary/aromatic N) is 3. The molecule has 0 aromatic carbocycles. The molecule has 1 atom stereocenters. The topological polar surface area (TPSA) is 63.2 Å². The summed E-state index contributed by atoms with van der Waals surface area (Å²) in [5, 5.41) is 1.15. The molecule has 0 N–H and O–H groups in total. The van der Waals surface area contributed by atoms with Gasteiger partial charge in [0.15, 0.2) is 9.84 Å². The number of hydrogen-bond donors (Lipinski definition) is 0. The van der Waals surface area contributed by atoms with Crippen LogP contribution in [0, 0.1) is 6.92 Å². The van der Waals surface area contributed by atoms with E-state index in [-0.39, 0.29) is 22.8 Å². The van der Waals surface area contributed by atoms with Crippen molar-refractivity contribution in [1.82, 2.24) is 9.97 Å². The van der Waals surface area contributed by atoms with Crippen LogP contribution in [0.4, 0.5) is 5.82 Å². The van der Waals surface area contributed by atoms with Gasteiger partial charge in [0.1, 0.15) is 10.6 Å². The highest BCUT2D eigenvalue weighted by Gasteiger charge is 2.30. The summed E-state index contributed by atoms with van der Waals surface area (Å²) in [5.74, 6) is 1.05. The fourth-order valence-electron chi connectivity index (χ4n) is 2.53. The first-order valence-electron chi connectivity index (χ1n) is 6.26. The molecule has 0 radical (unpaired) electrons. The zero-order chi connectivity index (χ0) is 14.5. The minimum Gasteiger partial charge on any atom is -0.351 e. The fraction of sp³-hybridized carbons (Fsp3) is 0.500. The van der Waals surface area contributed by atoms with E-state index in [9.17, 15) is 8.42 Å². The van der Waals surface area contributed by atoms with Gasteiger partial charge in [0.2, 0.25) is 5.28 Å². The third-order valence-electron chi connectivity index (χ3n) is 3.41. The number of thiophene rings is 1. The summed E-state index contributed by atoms with van der Waals surface area (Å²) < 4.78 is 23.4. The number of aryl methyl sites for hydroxylation is 1. The fourth-order valence-corrected chi connectivity index (χ4v) is 5.18. The number of fused-ring (bicyclic) bond motifs is 1. The van der Waals surface area contributed by atoms with Crippen molar-refractivity contribution >= 4 is 48.8 Å². The molecule has 0 spiro atoms. The molecule has 20 heavy (non-hydrogen) atoms. The molecule has 1 saturated heterocycles. The van der Waals surface area contributed by atoms with Gasteiger partial charge in [-0.25, -0.2) is 13.4 Å². The number of halogens is 1. The van der Waals surface area contributed by atoms with E-state index in [4.69, 9.17) is 11.6 Å². The Bertz CT molecular complexity index is 772. The first-order chi connectivity index (χ1) is 9.35. The van der Waals surface area contributed by atoms with Gasteiger partial charge >= 0.3 is 0 Å². The van der Waals surface area contributed by atoms with Gasteiger partial charge in [-0.05, 0) is 31.5 Å². The lowest BCUT2D eigenvalue weighted by Crippen LogP contribution is -2.47. The summed E-state index contributed by atoms with van der Waals surface area (Å²) >= 11 is 7.56. The summed E-state index contributed by atoms with van der Waals surface area (Å²) in [6.07, 6.45) is 0. The Hall–Kier alpha value is -0.920. The summed E-state index contributed by atoms with van der Waals surface area (Å²) in [6.45, 7) is 4.35. The van der Waals surface area contributed by atoms with Crippen LogP contribution in [-0.2, 0) is 9.84 Å². The summed E-state index contributed by atoms with van der Waals surface area (Å²) in [7, 11) is -2.95. The van der Waals surface area contributed by atoms with Crippen molar-refractivity contribution in [3.63, 3.8) is 0 Å². The second-order valence-corrected chi connectivity index (χ2v) is 8.85. The Balaban J connectivity index is 2.10. The number of sulfone groups is 1. The van der Waals surface area contributed by atoms with E-state index >= 15 is 0 Å². The highest BCUT2D eigenvalue weighted by molar-refractivity contribution is 7.91. The lowest BCUT2D eigenvalue weighted by molar-refractivity contribution is 0.567. The largest absolute Gasteiger partial charge is 0.351 e. The Morgan fingerprint density at radius 2 is 2.20 bits per heavy atom. The highest BCUT2D eigenvalue weighted by atomic mass is 35.5. The lowest BCUT2D eigenvalue weighted by atomic mass is 10.2. The van der Waals surface area contributed by atoms with Crippen molar-refractivity contribution in [3.05, 3.63) is 16.2 Å². The van der Waals surface area contributed by atoms with Crippen LogP contribution in [-0.4, -0.2) is 42.5 Å². The van der Waals surface area contributed by atoms with Gasteiger partial charge in [-0.2, -0.15) is 4.98 Å². The van der Waals surface area contributed by atoms with Gasteiger partial charge in [0.25, 0.3) is 0 Å². The van der Waals surface area contributed by atoms with Gasteiger partial charge in [-0.1, -0.05) is 0 Å². The number of aromatic nitrogens is 2. The lowest BCUT2D eigenvalue weighted by Gasteiger charge is -2.34. The van der Waals surface area contributed by atoms with Gasteiger partial charge in [-0.15, -0.1) is 11.3 Å². The second-order valence-electron chi connectivity index (χ2n) is 5.05. The maximum Gasteiger partial charge on any atom is 0.225 e. The van der Waals surface area contributed by atoms with Gasteiger partial charge < -0.3 is 4.90 Å². The molecule has 2 aromatic heterocycles. The quantitative estimate of drug-likeness (QED) is 0.750. The molecule has 1 unspecified atom stereocenters. The van der Waals surface area contributed by atoms with Crippen LogP contribution in [0.2, 0.25) is 5.28 Å². The molecule has 2 aromatic rings. The highest BCUT2D eigenvalue weighted by Crippen LogP contribution is 2.33. The molecule has 1 aliphatic heterocycles. The maximum atomic E-state index is 11.7. The monoisotopic (exact) mass is 331 g/mol. The normalized spacial score (nSPS) is 22.4. The van der Waals surface area contributed by atoms with Gasteiger partial charge in [0.05, 0.1) is 16.9 Å². The smallest absolute Gasteiger partial charge is 0.225 e. The van der Waals surface area contributed by atoms with E-state index < -0.39 is 9.84 Å². The maximum absolute atomic E-state index is 11.7. The number of hydrogen-bond acceptors (Lipinski definition) is 6. The van der Waals surface area contributed by atoms with E-state index in [1.807, 2.05) is 24.8 Å². The van der Waals surface area contributed by atoms with Crippen LogP contribution in [0.1, 0.15) is 11.8 Å². The minimum atomic E-state index is -2.95. The summed E-state index contributed by atoms with van der Waals surface area (Å²) in [5.41, 5.74) is 0. The predicted molar refractivity (Wildman–Crippen MR) is 82.6 cm³/mol. The number of anilines is 1.